The molecule has 0 aliphatic carbocycles. The number of benzene rings is 1. The summed E-state index contributed by atoms with van der Waals surface area (Å²) in [5.41, 5.74) is 1.97. The molecule has 0 bridgehead atoms. The topological polar surface area (TPSA) is 75.6 Å². The molecule has 6 nitrogen and oxygen atoms in total. The van der Waals surface area contributed by atoms with E-state index in [1.54, 1.807) is 41.5 Å². The summed E-state index contributed by atoms with van der Waals surface area (Å²) < 4.78 is 1.66. The molecule has 0 spiro atoms. The summed E-state index contributed by atoms with van der Waals surface area (Å²) in [6.07, 6.45) is 5.16. The molecule has 0 aliphatic heterocycles. The third-order valence-electron chi connectivity index (χ3n) is 3.93. The fourth-order valence-corrected chi connectivity index (χ4v) is 3.12. The lowest BCUT2D eigenvalue weighted by molar-refractivity contribution is 0.0947. The first-order chi connectivity index (χ1) is 12.6. The average molecular weight is 386 g/mol. The van der Waals surface area contributed by atoms with Crippen molar-refractivity contribution in [3.63, 3.8) is 0 Å². The van der Waals surface area contributed by atoms with Gasteiger partial charge in [-0.15, -0.1) is 0 Å². The molecule has 0 fully saturated rings. The largest absolute Gasteiger partial charge is 0.349 e. The molecule has 0 saturated carbocycles. The van der Waals surface area contributed by atoms with Crippen LogP contribution in [0.25, 0.3) is 16.7 Å². The van der Waals surface area contributed by atoms with Crippen LogP contribution in [0.3, 0.4) is 0 Å². The second-order valence-electron chi connectivity index (χ2n) is 5.66. The minimum absolute atomic E-state index is 0.292. The lowest BCUT2D eigenvalue weighted by atomic mass is 10.2. The van der Waals surface area contributed by atoms with Crippen molar-refractivity contribution in [2.24, 2.45) is 0 Å². The van der Waals surface area contributed by atoms with Gasteiger partial charge in [0.15, 0.2) is 5.82 Å². The second kappa shape index (κ2) is 6.82. The van der Waals surface area contributed by atoms with E-state index in [1.165, 1.54) is 0 Å². The highest BCUT2D eigenvalue weighted by molar-refractivity contribution is 6.39. The van der Waals surface area contributed by atoms with E-state index in [-0.39, 0.29) is 5.91 Å². The van der Waals surface area contributed by atoms with Crippen molar-refractivity contribution in [1.82, 2.24) is 25.1 Å². The van der Waals surface area contributed by atoms with Crippen LogP contribution in [0.5, 0.6) is 0 Å². The van der Waals surface area contributed by atoms with Gasteiger partial charge >= 0.3 is 0 Å². The standard InChI is InChI=1S/C18H13Cl2N5O/c19-12-2-3-14-13(9-12)16(20)17(24-14)18(26)22-10-11-4-6-21-15(8-11)25-7-1-5-23-25/h1-9,24H,10H2,(H,22,26). The van der Waals surface area contributed by atoms with Crippen LogP contribution in [0.4, 0.5) is 0 Å². The van der Waals surface area contributed by atoms with E-state index in [4.69, 9.17) is 23.2 Å². The summed E-state index contributed by atoms with van der Waals surface area (Å²) in [6.45, 7) is 0.335. The smallest absolute Gasteiger partial charge is 0.269 e. The number of aromatic amines is 1. The molecule has 26 heavy (non-hydrogen) atoms. The van der Waals surface area contributed by atoms with E-state index in [1.807, 2.05) is 18.2 Å². The molecule has 0 radical (unpaired) electrons. The van der Waals surface area contributed by atoms with Crippen molar-refractivity contribution >= 4 is 40.0 Å². The van der Waals surface area contributed by atoms with Crippen molar-refractivity contribution in [1.29, 1.82) is 0 Å². The predicted molar refractivity (Wildman–Crippen MR) is 101 cm³/mol. The molecule has 8 heteroatoms. The first-order valence-electron chi connectivity index (χ1n) is 7.82. The number of H-pyrrole nitrogens is 1. The van der Waals surface area contributed by atoms with Crippen molar-refractivity contribution in [2.45, 2.75) is 6.54 Å². The summed E-state index contributed by atoms with van der Waals surface area (Å²) in [5, 5.41) is 8.64. The Labute approximate surface area is 158 Å². The number of carbonyl (C=O) groups is 1. The normalized spacial score (nSPS) is 11.0. The van der Waals surface area contributed by atoms with Crippen LogP contribution in [0.2, 0.25) is 10.0 Å². The number of amides is 1. The predicted octanol–water partition coefficient (Wildman–Crippen LogP) is 3.99. The van der Waals surface area contributed by atoms with E-state index < -0.39 is 0 Å². The van der Waals surface area contributed by atoms with Crippen LogP contribution in [0.1, 0.15) is 16.1 Å². The Kier molecular flexibility index (Phi) is 4.36. The van der Waals surface area contributed by atoms with Crippen molar-refractivity contribution < 1.29 is 4.79 Å². The number of nitrogens with zero attached hydrogens (tertiary/aromatic N) is 3. The summed E-state index contributed by atoms with van der Waals surface area (Å²) in [4.78, 5) is 19.8. The van der Waals surface area contributed by atoms with Gasteiger partial charge in [-0.1, -0.05) is 23.2 Å². The first-order valence-corrected chi connectivity index (χ1v) is 8.57. The van der Waals surface area contributed by atoms with Gasteiger partial charge < -0.3 is 10.3 Å². The summed E-state index contributed by atoms with van der Waals surface area (Å²) >= 11 is 12.3. The molecule has 4 rings (SSSR count). The number of rotatable bonds is 4. The van der Waals surface area contributed by atoms with Gasteiger partial charge in [0.05, 0.1) is 5.02 Å². The zero-order chi connectivity index (χ0) is 18.1. The van der Waals surface area contributed by atoms with E-state index in [0.29, 0.717) is 33.5 Å². The molecule has 1 amide bonds. The van der Waals surface area contributed by atoms with Crippen LogP contribution in [0, 0.1) is 0 Å². The number of aromatic nitrogens is 4. The van der Waals surface area contributed by atoms with Crippen LogP contribution in [0.15, 0.2) is 55.0 Å². The van der Waals surface area contributed by atoms with Gasteiger partial charge in [0.2, 0.25) is 0 Å². The molecular weight excluding hydrogens is 373 g/mol. The van der Waals surface area contributed by atoms with Gasteiger partial charge in [-0.05, 0) is 42.0 Å². The summed E-state index contributed by atoms with van der Waals surface area (Å²) in [7, 11) is 0. The average Bonchev–Trinajstić information content (AvgIpc) is 3.29. The molecule has 130 valence electrons. The lowest BCUT2D eigenvalue weighted by Crippen LogP contribution is -2.23. The van der Waals surface area contributed by atoms with Gasteiger partial charge in [0.25, 0.3) is 5.91 Å². The molecule has 1 aromatic carbocycles. The van der Waals surface area contributed by atoms with Crippen LogP contribution >= 0.6 is 23.2 Å². The number of carbonyl (C=O) groups excluding carboxylic acids is 1. The Balaban J connectivity index is 1.53. The maximum absolute atomic E-state index is 12.5. The molecule has 0 unspecified atom stereocenters. The van der Waals surface area contributed by atoms with E-state index in [9.17, 15) is 4.79 Å². The number of pyridine rings is 1. The van der Waals surface area contributed by atoms with Crippen molar-refractivity contribution in [3.05, 3.63) is 76.3 Å². The SMILES string of the molecule is O=C(NCc1ccnc(-n2cccn2)c1)c1[nH]c2ccc(Cl)cc2c1Cl. The highest BCUT2D eigenvalue weighted by Crippen LogP contribution is 2.29. The molecule has 0 aliphatic rings. The van der Waals surface area contributed by atoms with E-state index in [0.717, 1.165) is 11.1 Å². The van der Waals surface area contributed by atoms with E-state index >= 15 is 0 Å². The van der Waals surface area contributed by atoms with Crippen LogP contribution in [-0.4, -0.2) is 25.7 Å². The zero-order valence-electron chi connectivity index (χ0n) is 13.4. The summed E-state index contributed by atoms with van der Waals surface area (Å²) in [6, 6.07) is 10.8. The first kappa shape index (κ1) is 16.6. The number of nitrogens with one attached hydrogen (secondary N) is 2. The maximum atomic E-state index is 12.5. The molecule has 0 atom stereocenters. The van der Waals surface area contributed by atoms with Gasteiger partial charge in [-0.25, -0.2) is 9.67 Å². The van der Waals surface area contributed by atoms with Crippen molar-refractivity contribution in [2.75, 3.05) is 0 Å². The second-order valence-corrected chi connectivity index (χ2v) is 6.47. The van der Waals surface area contributed by atoms with Gasteiger partial charge in [-0.3, -0.25) is 4.79 Å². The third kappa shape index (κ3) is 3.16. The maximum Gasteiger partial charge on any atom is 0.269 e. The number of fused-ring (bicyclic) bond motifs is 1. The Morgan fingerprint density at radius 2 is 2.08 bits per heavy atom. The molecule has 2 N–H and O–H groups in total. The molecular formula is C18H13Cl2N5O. The molecule has 4 aromatic rings. The fraction of sp³-hybridized carbons (Fsp3) is 0.0556. The number of hydrogen-bond acceptors (Lipinski definition) is 3. The van der Waals surface area contributed by atoms with Gasteiger partial charge in [-0.2, -0.15) is 5.10 Å². The zero-order valence-corrected chi connectivity index (χ0v) is 14.9. The van der Waals surface area contributed by atoms with E-state index in [2.05, 4.69) is 20.4 Å². The molecule has 3 aromatic heterocycles. The Morgan fingerprint density at radius 3 is 2.88 bits per heavy atom. The Hall–Kier alpha value is -2.83. The van der Waals surface area contributed by atoms with Crippen molar-refractivity contribution in [3.8, 4) is 5.82 Å². The highest BCUT2D eigenvalue weighted by atomic mass is 35.5. The molecule has 0 saturated heterocycles. The monoisotopic (exact) mass is 385 g/mol. The quantitative estimate of drug-likeness (QED) is 0.557. The number of hydrogen-bond donors (Lipinski definition) is 2. The minimum atomic E-state index is -0.292. The number of halogens is 2. The summed E-state index contributed by atoms with van der Waals surface area (Å²) in [5.74, 6) is 0.389. The third-order valence-corrected chi connectivity index (χ3v) is 4.55. The minimum Gasteiger partial charge on any atom is -0.349 e. The van der Waals surface area contributed by atoms with Gasteiger partial charge in [0, 0.05) is 41.1 Å². The van der Waals surface area contributed by atoms with Gasteiger partial charge in [0.1, 0.15) is 5.69 Å². The van der Waals surface area contributed by atoms with Crippen LogP contribution < -0.4 is 5.32 Å². The van der Waals surface area contributed by atoms with Crippen LogP contribution in [-0.2, 0) is 6.54 Å². The molecule has 3 heterocycles. The highest BCUT2D eigenvalue weighted by Gasteiger charge is 2.16. The Bertz CT molecular complexity index is 1090. The Morgan fingerprint density at radius 1 is 1.19 bits per heavy atom. The lowest BCUT2D eigenvalue weighted by Gasteiger charge is -2.06. The fourth-order valence-electron chi connectivity index (χ4n) is 2.66.